The predicted molar refractivity (Wildman–Crippen MR) is 127 cm³/mol. The second kappa shape index (κ2) is 9.77. The lowest BCUT2D eigenvalue weighted by Crippen LogP contribution is -2.36. The van der Waals surface area contributed by atoms with Crippen molar-refractivity contribution in [2.24, 2.45) is 0 Å². The molecule has 3 aromatic rings. The third kappa shape index (κ3) is 4.59. The predicted octanol–water partition coefficient (Wildman–Crippen LogP) is 3.14. The number of aromatic carboxylic acids is 1. The van der Waals surface area contributed by atoms with Crippen molar-refractivity contribution in [1.29, 1.82) is 5.26 Å². The van der Waals surface area contributed by atoms with Gasteiger partial charge in [0.1, 0.15) is 11.6 Å². The standard InChI is InChI=1S/C23H20ClN5O4S/c1-28(12-15-5-6-19(24)34-15)21-17(10-25)20(16-7-8-26-11-18(16)30)27-29(21)22(31)13-3-2-4-14(9-13)23(32)33/h2-6,9,16,26H,7-8,11-12H2,1H3,(H,32,33). The number of carboxylic acid groups (broad SMARTS) is 1. The fourth-order valence-corrected chi connectivity index (χ4v) is 5.10. The molecule has 1 saturated heterocycles. The lowest BCUT2D eigenvalue weighted by molar-refractivity contribution is -0.120. The number of piperidine rings is 1. The maximum atomic E-state index is 13.5. The SMILES string of the molecule is CN(Cc1ccc(Cl)s1)c1c(C#N)c(C2CCNCC2=O)nn1C(=O)c1cccc(C(=O)O)c1. The second-order valence-corrected chi connectivity index (χ2v) is 9.64. The first-order valence-electron chi connectivity index (χ1n) is 10.4. The number of nitrogens with one attached hydrogen (secondary N) is 1. The summed E-state index contributed by atoms with van der Waals surface area (Å²) in [7, 11) is 1.72. The average Bonchev–Trinajstić information content (AvgIpc) is 3.41. The molecule has 0 amide bonds. The van der Waals surface area contributed by atoms with Crippen molar-refractivity contribution >= 4 is 46.4 Å². The van der Waals surface area contributed by atoms with Crippen molar-refractivity contribution in [1.82, 2.24) is 15.1 Å². The Balaban J connectivity index is 1.84. The van der Waals surface area contributed by atoms with Crippen LogP contribution < -0.4 is 10.2 Å². The van der Waals surface area contributed by atoms with Gasteiger partial charge in [-0.1, -0.05) is 17.7 Å². The summed E-state index contributed by atoms with van der Waals surface area (Å²) in [5, 5.41) is 26.8. The van der Waals surface area contributed by atoms with E-state index in [0.717, 1.165) is 9.56 Å². The normalized spacial score (nSPS) is 15.7. The van der Waals surface area contributed by atoms with Crippen molar-refractivity contribution in [3.05, 3.63) is 68.0 Å². The van der Waals surface area contributed by atoms with Crippen molar-refractivity contribution < 1.29 is 19.5 Å². The first-order chi connectivity index (χ1) is 16.3. The summed E-state index contributed by atoms with van der Waals surface area (Å²) >= 11 is 7.43. The van der Waals surface area contributed by atoms with Gasteiger partial charge in [-0.2, -0.15) is 15.0 Å². The van der Waals surface area contributed by atoms with E-state index in [1.54, 1.807) is 18.0 Å². The zero-order chi connectivity index (χ0) is 24.4. The zero-order valence-corrected chi connectivity index (χ0v) is 19.7. The smallest absolute Gasteiger partial charge is 0.335 e. The van der Waals surface area contributed by atoms with Crippen LogP contribution in [0.15, 0.2) is 36.4 Å². The van der Waals surface area contributed by atoms with Gasteiger partial charge in [0, 0.05) is 17.5 Å². The first-order valence-corrected chi connectivity index (χ1v) is 11.6. The minimum Gasteiger partial charge on any atom is -0.478 e. The summed E-state index contributed by atoms with van der Waals surface area (Å²) < 4.78 is 1.71. The van der Waals surface area contributed by atoms with Crippen LogP contribution in [-0.4, -0.2) is 52.7 Å². The van der Waals surface area contributed by atoms with Crippen molar-refractivity contribution in [3.8, 4) is 6.07 Å². The van der Waals surface area contributed by atoms with Gasteiger partial charge >= 0.3 is 5.97 Å². The lowest BCUT2D eigenvalue weighted by atomic mass is 9.91. The highest BCUT2D eigenvalue weighted by molar-refractivity contribution is 7.16. The summed E-state index contributed by atoms with van der Waals surface area (Å²) in [5.41, 5.74) is 0.454. The summed E-state index contributed by atoms with van der Waals surface area (Å²) in [6, 6.07) is 11.4. The van der Waals surface area contributed by atoms with Gasteiger partial charge in [0.2, 0.25) is 0 Å². The highest BCUT2D eigenvalue weighted by Crippen LogP contribution is 2.33. The van der Waals surface area contributed by atoms with Gasteiger partial charge in [0.05, 0.1) is 34.6 Å². The van der Waals surface area contributed by atoms with Crippen LogP contribution in [0.4, 0.5) is 5.82 Å². The summed E-state index contributed by atoms with van der Waals surface area (Å²) in [6.07, 6.45) is 0.455. The monoisotopic (exact) mass is 497 g/mol. The molecule has 1 atom stereocenters. The minimum absolute atomic E-state index is 0.0459. The molecular formula is C23H20ClN5O4S. The average molecular weight is 498 g/mol. The summed E-state index contributed by atoms with van der Waals surface area (Å²) in [4.78, 5) is 40.1. The molecular weight excluding hydrogens is 478 g/mol. The number of nitrogens with zero attached hydrogens (tertiary/aromatic N) is 4. The van der Waals surface area contributed by atoms with Crippen LogP contribution in [0.2, 0.25) is 4.34 Å². The summed E-state index contributed by atoms with van der Waals surface area (Å²) in [6.45, 7) is 1.09. The van der Waals surface area contributed by atoms with E-state index in [4.69, 9.17) is 11.6 Å². The quantitative estimate of drug-likeness (QED) is 0.531. The van der Waals surface area contributed by atoms with Crippen LogP contribution in [0.25, 0.3) is 0 Å². The molecule has 0 spiro atoms. The number of thiophene rings is 1. The van der Waals surface area contributed by atoms with Crippen LogP contribution in [0, 0.1) is 11.3 Å². The van der Waals surface area contributed by atoms with Gasteiger partial charge in [-0.25, -0.2) is 4.79 Å². The fraction of sp³-hybridized carbons (Fsp3) is 0.261. The largest absolute Gasteiger partial charge is 0.478 e. The highest BCUT2D eigenvalue weighted by atomic mass is 35.5. The number of Topliss-reactive ketones (excluding diaryl/α,β-unsaturated/α-hetero) is 1. The van der Waals surface area contributed by atoms with Crippen LogP contribution >= 0.6 is 22.9 Å². The number of anilines is 1. The number of hydrogen-bond acceptors (Lipinski definition) is 8. The Morgan fingerprint density at radius 2 is 2.12 bits per heavy atom. The molecule has 174 valence electrons. The van der Waals surface area contributed by atoms with Gasteiger partial charge in [-0.15, -0.1) is 11.3 Å². The number of aromatic nitrogens is 2. The van der Waals surface area contributed by atoms with E-state index < -0.39 is 17.8 Å². The van der Waals surface area contributed by atoms with E-state index in [2.05, 4.69) is 16.5 Å². The molecule has 0 radical (unpaired) electrons. The number of carboxylic acids is 1. The third-order valence-electron chi connectivity index (χ3n) is 5.56. The number of carbonyl (C=O) groups is 3. The van der Waals surface area contributed by atoms with Crippen LogP contribution in [0.5, 0.6) is 0 Å². The van der Waals surface area contributed by atoms with Crippen molar-refractivity contribution in [2.75, 3.05) is 25.0 Å². The number of benzene rings is 1. The molecule has 1 aromatic carbocycles. The Hall–Kier alpha value is -3.52. The van der Waals surface area contributed by atoms with Gasteiger partial charge in [-0.3, -0.25) is 9.59 Å². The Bertz CT molecular complexity index is 1330. The third-order valence-corrected chi connectivity index (χ3v) is 6.78. The van der Waals surface area contributed by atoms with Gasteiger partial charge in [-0.05, 0) is 43.3 Å². The Labute approximate surface area is 204 Å². The van der Waals surface area contributed by atoms with Crippen molar-refractivity contribution in [3.63, 3.8) is 0 Å². The van der Waals surface area contributed by atoms with Gasteiger partial charge in [0.25, 0.3) is 5.91 Å². The molecule has 1 fully saturated rings. The lowest BCUT2D eigenvalue weighted by Gasteiger charge is -2.21. The molecule has 9 nitrogen and oxygen atoms in total. The number of ketones is 1. The zero-order valence-electron chi connectivity index (χ0n) is 18.1. The second-order valence-electron chi connectivity index (χ2n) is 7.84. The molecule has 0 saturated carbocycles. The molecule has 0 aliphatic carbocycles. The van der Waals surface area contributed by atoms with E-state index in [0.29, 0.717) is 23.8 Å². The Kier molecular flexibility index (Phi) is 6.79. The fourth-order valence-electron chi connectivity index (χ4n) is 3.96. The molecule has 3 heterocycles. The molecule has 1 aliphatic heterocycles. The Morgan fingerprint density at radius 3 is 2.76 bits per heavy atom. The Morgan fingerprint density at radius 1 is 1.35 bits per heavy atom. The van der Waals surface area contributed by atoms with Crippen LogP contribution in [0.3, 0.4) is 0 Å². The minimum atomic E-state index is -1.17. The van der Waals surface area contributed by atoms with E-state index in [-0.39, 0.29) is 40.5 Å². The molecule has 1 unspecified atom stereocenters. The summed E-state index contributed by atoms with van der Waals surface area (Å²) in [5.74, 6) is -2.25. The molecule has 1 aliphatic rings. The van der Waals surface area contributed by atoms with Gasteiger partial charge in [0.15, 0.2) is 11.6 Å². The number of carbonyl (C=O) groups excluding carboxylic acids is 2. The number of hydrogen-bond donors (Lipinski definition) is 2. The van der Waals surface area contributed by atoms with Gasteiger partial charge < -0.3 is 15.3 Å². The maximum Gasteiger partial charge on any atom is 0.335 e. The molecule has 0 bridgehead atoms. The molecule has 11 heteroatoms. The van der Waals surface area contributed by atoms with Crippen LogP contribution in [0.1, 0.15) is 49.2 Å². The van der Waals surface area contributed by atoms with E-state index >= 15 is 0 Å². The highest BCUT2D eigenvalue weighted by Gasteiger charge is 2.34. The van der Waals surface area contributed by atoms with E-state index in [1.807, 2.05) is 6.07 Å². The maximum absolute atomic E-state index is 13.5. The van der Waals surface area contributed by atoms with E-state index in [1.165, 1.54) is 35.6 Å². The van der Waals surface area contributed by atoms with E-state index in [9.17, 15) is 24.8 Å². The topological polar surface area (TPSA) is 128 Å². The first kappa shape index (κ1) is 23.6. The molecule has 2 aromatic heterocycles. The molecule has 2 N–H and O–H groups in total. The van der Waals surface area contributed by atoms with Crippen LogP contribution in [-0.2, 0) is 11.3 Å². The number of nitriles is 1. The number of halogens is 1. The van der Waals surface area contributed by atoms with Crippen molar-refractivity contribution in [2.45, 2.75) is 18.9 Å². The number of rotatable bonds is 6. The molecule has 34 heavy (non-hydrogen) atoms. The molecule has 4 rings (SSSR count).